The van der Waals surface area contributed by atoms with E-state index < -0.39 is 0 Å². The van der Waals surface area contributed by atoms with E-state index >= 15 is 0 Å². The molecule has 0 saturated carbocycles. The van der Waals surface area contributed by atoms with Gasteiger partial charge in [-0.3, -0.25) is 0 Å². The average Bonchev–Trinajstić information content (AvgIpc) is 3.88. The van der Waals surface area contributed by atoms with Crippen LogP contribution >= 0.6 is 0 Å². The second kappa shape index (κ2) is 14.7. The van der Waals surface area contributed by atoms with Crippen LogP contribution in [0.25, 0.3) is 111 Å². The summed E-state index contributed by atoms with van der Waals surface area (Å²) < 4.78 is 4.92. The van der Waals surface area contributed by atoms with Crippen LogP contribution in [0, 0.1) is 0 Å². The quantitative estimate of drug-likeness (QED) is 0.161. The molecule has 12 rings (SSSR count). The summed E-state index contributed by atoms with van der Waals surface area (Å²) in [7, 11) is 0. The Hall–Kier alpha value is -8.34. The summed E-state index contributed by atoms with van der Waals surface area (Å²) in [6.07, 6.45) is 0. The number of aromatic nitrogens is 4. The number of benzene rings is 9. The van der Waals surface area contributed by atoms with E-state index in [2.05, 4.69) is 215 Å². The first-order valence-corrected chi connectivity index (χ1v) is 21.1. The van der Waals surface area contributed by atoms with Crippen LogP contribution in [-0.4, -0.2) is 19.1 Å². The van der Waals surface area contributed by atoms with Crippen molar-refractivity contribution in [1.82, 2.24) is 19.1 Å². The molecule has 0 aliphatic heterocycles. The monoisotopic (exact) mass is 790 g/mol. The third-order valence-electron chi connectivity index (χ3n) is 12.1. The van der Waals surface area contributed by atoms with E-state index in [4.69, 9.17) is 9.97 Å². The molecule has 0 radical (unpaired) electrons. The molecule has 0 N–H and O–H groups in total. The highest BCUT2D eigenvalue weighted by molar-refractivity contribution is 6.23. The van der Waals surface area contributed by atoms with Crippen molar-refractivity contribution in [3.05, 3.63) is 231 Å². The Kier molecular flexibility index (Phi) is 8.46. The Morgan fingerprint density at radius 2 is 0.661 bits per heavy atom. The summed E-state index contributed by atoms with van der Waals surface area (Å²) in [4.78, 5) is 10.4. The number of nitrogens with zero attached hydrogens (tertiary/aromatic N) is 4. The fourth-order valence-corrected chi connectivity index (χ4v) is 9.22. The predicted molar refractivity (Wildman–Crippen MR) is 258 cm³/mol. The zero-order valence-electron chi connectivity index (χ0n) is 33.7. The minimum atomic E-state index is 0.691. The van der Waals surface area contributed by atoms with E-state index in [9.17, 15) is 0 Å². The van der Waals surface area contributed by atoms with E-state index in [0.29, 0.717) is 5.82 Å². The summed E-state index contributed by atoms with van der Waals surface area (Å²) in [6.45, 7) is 0. The van der Waals surface area contributed by atoms with Gasteiger partial charge in [0, 0.05) is 49.6 Å². The van der Waals surface area contributed by atoms with Gasteiger partial charge in [0.25, 0.3) is 0 Å². The van der Waals surface area contributed by atoms with Gasteiger partial charge in [0.15, 0.2) is 5.82 Å². The number of hydrogen-bond acceptors (Lipinski definition) is 2. The Labute approximate surface area is 359 Å². The van der Waals surface area contributed by atoms with Gasteiger partial charge in [-0.2, -0.15) is 0 Å². The maximum Gasteiger partial charge on any atom is 0.160 e. The first-order chi connectivity index (χ1) is 30.7. The minimum absolute atomic E-state index is 0.691. The molecule has 12 aromatic rings. The van der Waals surface area contributed by atoms with Crippen molar-refractivity contribution in [1.29, 1.82) is 0 Å². The number of para-hydroxylation sites is 2. The molecule has 9 aromatic carbocycles. The van der Waals surface area contributed by atoms with Gasteiger partial charge in [0.1, 0.15) is 0 Å². The highest BCUT2D eigenvalue weighted by Crippen LogP contribution is 2.42. The van der Waals surface area contributed by atoms with Gasteiger partial charge >= 0.3 is 0 Å². The van der Waals surface area contributed by atoms with Crippen LogP contribution in [0.4, 0.5) is 0 Å². The maximum absolute atomic E-state index is 5.25. The van der Waals surface area contributed by atoms with Crippen molar-refractivity contribution in [3.8, 4) is 67.5 Å². The highest BCUT2D eigenvalue weighted by Gasteiger charge is 2.22. The molecule has 0 saturated heterocycles. The molecule has 0 amide bonds. The normalized spacial score (nSPS) is 11.5. The molecule has 4 nitrogen and oxygen atoms in total. The van der Waals surface area contributed by atoms with Crippen molar-refractivity contribution in [2.24, 2.45) is 0 Å². The molecule has 0 atom stereocenters. The molecule has 0 fully saturated rings. The first-order valence-electron chi connectivity index (χ1n) is 21.1. The van der Waals surface area contributed by atoms with Crippen molar-refractivity contribution in [2.45, 2.75) is 0 Å². The fraction of sp³-hybridized carbons (Fsp3) is 0. The lowest BCUT2D eigenvalue weighted by Crippen LogP contribution is -2.00. The molecular weight excluding hydrogens is 753 g/mol. The predicted octanol–water partition coefficient (Wildman–Crippen LogP) is 15.0. The number of fused-ring (bicyclic) bond motifs is 7. The topological polar surface area (TPSA) is 35.6 Å². The summed E-state index contributed by atoms with van der Waals surface area (Å²) in [6, 6.07) is 82.1. The number of rotatable bonds is 7. The lowest BCUT2D eigenvalue weighted by atomic mass is 10.0. The van der Waals surface area contributed by atoms with Gasteiger partial charge in [-0.05, 0) is 64.7 Å². The van der Waals surface area contributed by atoms with E-state index in [1.165, 1.54) is 54.8 Å². The maximum atomic E-state index is 5.25. The smallest absolute Gasteiger partial charge is 0.160 e. The van der Waals surface area contributed by atoms with E-state index in [1.807, 2.05) is 24.3 Å². The molecule has 0 unspecified atom stereocenters. The average molecular weight is 791 g/mol. The fourth-order valence-electron chi connectivity index (χ4n) is 9.22. The van der Waals surface area contributed by atoms with Crippen molar-refractivity contribution in [3.63, 3.8) is 0 Å². The molecule has 290 valence electrons. The highest BCUT2D eigenvalue weighted by atomic mass is 15.0. The van der Waals surface area contributed by atoms with Crippen LogP contribution in [0.1, 0.15) is 0 Å². The van der Waals surface area contributed by atoms with Crippen LogP contribution in [0.2, 0.25) is 0 Å². The zero-order chi connectivity index (χ0) is 41.0. The van der Waals surface area contributed by atoms with Crippen LogP contribution < -0.4 is 0 Å². The third-order valence-corrected chi connectivity index (χ3v) is 12.1. The van der Waals surface area contributed by atoms with Crippen LogP contribution in [0.5, 0.6) is 0 Å². The van der Waals surface area contributed by atoms with E-state index in [1.54, 1.807) is 0 Å². The van der Waals surface area contributed by atoms with Crippen molar-refractivity contribution < 1.29 is 0 Å². The largest absolute Gasteiger partial charge is 0.307 e. The van der Waals surface area contributed by atoms with Gasteiger partial charge in [0.2, 0.25) is 0 Å². The lowest BCUT2D eigenvalue weighted by molar-refractivity contribution is 1.15. The zero-order valence-corrected chi connectivity index (χ0v) is 33.7. The summed E-state index contributed by atoms with van der Waals surface area (Å²) in [5, 5.41) is 4.85. The van der Waals surface area contributed by atoms with E-state index in [0.717, 1.165) is 50.5 Å². The van der Waals surface area contributed by atoms with Crippen LogP contribution in [0.15, 0.2) is 231 Å². The Balaban J connectivity index is 1.08. The summed E-state index contributed by atoms with van der Waals surface area (Å²) >= 11 is 0. The molecule has 3 aromatic heterocycles. The first kappa shape index (κ1) is 35.6. The van der Waals surface area contributed by atoms with Crippen molar-refractivity contribution >= 4 is 43.6 Å². The molecular formula is C58H38N4. The summed E-state index contributed by atoms with van der Waals surface area (Å²) in [5.74, 6) is 0.691. The van der Waals surface area contributed by atoms with Gasteiger partial charge in [-0.15, -0.1) is 0 Å². The van der Waals surface area contributed by atoms with Crippen LogP contribution in [-0.2, 0) is 0 Å². The molecule has 0 spiro atoms. The Morgan fingerprint density at radius 3 is 1.23 bits per heavy atom. The SMILES string of the molecule is c1ccc(-c2ccc(-c3cc(-c4cccc(-n5c6ccccc6c6ccc7c8ccccc8n(-c8cccc(-c9ccccc9)c8)c7c65)c4)nc(-c4ccccc4)n3)cc2)cc1. The van der Waals surface area contributed by atoms with Crippen molar-refractivity contribution in [2.75, 3.05) is 0 Å². The van der Waals surface area contributed by atoms with Crippen LogP contribution in [0.3, 0.4) is 0 Å². The molecule has 0 aliphatic rings. The van der Waals surface area contributed by atoms with E-state index in [-0.39, 0.29) is 0 Å². The van der Waals surface area contributed by atoms with Gasteiger partial charge in [-0.1, -0.05) is 188 Å². The second-order valence-electron chi connectivity index (χ2n) is 15.8. The summed E-state index contributed by atoms with van der Waals surface area (Å²) in [5.41, 5.74) is 16.3. The minimum Gasteiger partial charge on any atom is -0.307 e. The van der Waals surface area contributed by atoms with Gasteiger partial charge in [0.05, 0.1) is 33.5 Å². The second-order valence-corrected chi connectivity index (χ2v) is 15.8. The molecule has 0 bridgehead atoms. The standard InChI is InChI=1S/C58H38N4/c1-4-16-39(17-5-1)41-30-32-42(33-31-41)52-38-53(60-58(59-52)43-20-8-3-9-21-43)45-23-15-25-47(37-45)62-55-29-13-11-27-49(55)51-35-34-50-48-26-10-12-28-54(48)61(56(50)57(51)62)46-24-14-22-44(36-46)40-18-6-2-7-19-40/h1-38H. The van der Waals surface area contributed by atoms with Gasteiger partial charge in [-0.25, -0.2) is 9.97 Å². The molecule has 4 heteroatoms. The van der Waals surface area contributed by atoms with Gasteiger partial charge < -0.3 is 9.13 Å². The molecule has 0 aliphatic carbocycles. The molecule has 3 heterocycles. The Morgan fingerprint density at radius 1 is 0.258 bits per heavy atom. The third kappa shape index (κ3) is 6.00. The molecule has 62 heavy (non-hydrogen) atoms. The number of hydrogen-bond donors (Lipinski definition) is 0. The lowest BCUT2D eigenvalue weighted by Gasteiger charge is -2.15. The Bertz CT molecular complexity index is 3600.